The molecule has 0 atom stereocenters. The van der Waals surface area contributed by atoms with E-state index in [1.54, 1.807) is 0 Å². The minimum atomic E-state index is -0.690. The molecular weight excluding hydrogens is 212 g/mol. The van der Waals surface area contributed by atoms with E-state index >= 15 is 0 Å². The zero-order valence-corrected chi connectivity index (χ0v) is 9.50. The van der Waals surface area contributed by atoms with Gasteiger partial charge in [0.2, 0.25) is 0 Å². The summed E-state index contributed by atoms with van der Waals surface area (Å²) in [5.74, 6) is -0.690. The Balaban J connectivity index is 0.00000196. The molecule has 0 bridgehead atoms. The molecule has 1 aromatic rings. The molecule has 15 heavy (non-hydrogen) atoms. The van der Waals surface area contributed by atoms with Crippen LogP contribution in [-0.4, -0.2) is 11.1 Å². The Hall–Kier alpha value is -1.02. The molecule has 0 saturated carbocycles. The van der Waals surface area contributed by atoms with Gasteiger partial charge in [-0.15, -0.1) is 12.4 Å². The fourth-order valence-corrected chi connectivity index (χ4v) is 1.43. The first-order valence-electron chi connectivity index (χ1n) is 5.05. The van der Waals surface area contributed by atoms with Crippen molar-refractivity contribution in [3.63, 3.8) is 0 Å². The molecule has 84 valence electrons. The standard InChI is InChI=1S/C12H16O2.ClH/c13-12(14)10-6-2-5-9-11-7-3-1-4-8-11;/h1,3-4,7-8H,2,5-6,9-10H2,(H,13,14);1H. The molecule has 2 nitrogen and oxygen atoms in total. The van der Waals surface area contributed by atoms with Gasteiger partial charge in [0.15, 0.2) is 0 Å². The number of carboxylic acids is 1. The number of aliphatic carboxylic acids is 1. The number of hydrogen-bond acceptors (Lipinski definition) is 1. The second-order valence-corrected chi connectivity index (χ2v) is 3.44. The molecule has 0 aromatic heterocycles. The fraction of sp³-hybridized carbons (Fsp3) is 0.417. The van der Waals surface area contributed by atoms with Crippen molar-refractivity contribution in [2.24, 2.45) is 0 Å². The van der Waals surface area contributed by atoms with E-state index in [9.17, 15) is 4.79 Å². The third kappa shape index (κ3) is 6.97. The number of benzene rings is 1. The van der Waals surface area contributed by atoms with Crippen LogP contribution in [0.2, 0.25) is 0 Å². The molecule has 0 unspecified atom stereocenters. The maximum absolute atomic E-state index is 10.2. The average Bonchev–Trinajstić information content (AvgIpc) is 2.18. The minimum absolute atomic E-state index is 0. The number of hydrogen-bond donors (Lipinski definition) is 1. The van der Waals surface area contributed by atoms with Crippen molar-refractivity contribution in [1.29, 1.82) is 0 Å². The van der Waals surface area contributed by atoms with Gasteiger partial charge in [-0.1, -0.05) is 36.8 Å². The van der Waals surface area contributed by atoms with E-state index < -0.39 is 5.97 Å². The van der Waals surface area contributed by atoms with Crippen LogP contribution in [0.5, 0.6) is 0 Å². The maximum Gasteiger partial charge on any atom is 0.303 e. The highest BCUT2D eigenvalue weighted by Gasteiger charge is 1.96. The van der Waals surface area contributed by atoms with E-state index in [0.29, 0.717) is 6.42 Å². The number of rotatable bonds is 6. The van der Waals surface area contributed by atoms with Crippen LogP contribution in [0.3, 0.4) is 0 Å². The van der Waals surface area contributed by atoms with Crippen molar-refractivity contribution in [2.75, 3.05) is 0 Å². The molecule has 0 radical (unpaired) electrons. The van der Waals surface area contributed by atoms with Crippen LogP contribution in [0.25, 0.3) is 0 Å². The summed E-state index contributed by atoms with van der Waals surface area (Å²) in [6.07, 6.45) is 4.23. The third-order valence-corrected chi connectivity index (χ3v) is 2.20. The van der Waals surface area contributed by atoms with Crippen LogP contribution in [0, 0.1) is 0 Å². The summed E-state index contributed by atoms with van der Waals surface area (Å²) >= 11 is 0. The highest BCUT2D eigenvalue weighted by molar-refractivity contribution is 5.85. The van der Waals surface area contributed by atoms with E-state index in [2.05, 4.69) is 12.1 Å². The van der Waals surface area contributed by atoms with Gasteiger partial charge in [-0.25, -0.2) is 0 Å². The number of halogens is 1. The molecular formula is C12H17ClO2. The molecule has 1 N–H and O–H groups in total. The summed E-state index contributed by atoms with van der Waals surface area (Å²) in [7, 11) is 0. The summed E-state index contributed by atoms with van der Waals surface area (Å²) in [6, 6.07) is 10.3. The van der Waals surface area contributed by atoms with E-state index in [0.717, 1.165) is 25.7 Å². The lowest BCUT2D eigenvalue weighted by molar-refractivity contribution is -0.137. The van der Waals surface area contributed by atoms with Gasteiger partial charge in [0.05, 0.1) is 0 Å². The monoisotopic (exact) mass is 228 g/mol. The van der Waals surface area contributed by atoms with Crippen molar-refractivity contribution < 1.29 is 9.90 Å². The summed E-state index contributed by atoms with van der Waals surface area (Å²) in [5.41, 5.74) is 1.34. The summed E-state index contributed by atoms with van der Waals surface area (Å²) in [6.45, 7) is 0. The molecule has 0 fully saturated rings. The van der Waals surface area contributed by atoms with Crippen molar-refractivity contribution in [2.45, 2.75) is 32.1 Å². The zero-order valence-electron chi connectivity index (χ0n) is 8.69. The van der Waals surface area contributed by atoms with Gasteiger partial charge in [-0.05, 0) is 24.8 Å². The molecule has 0 aliphatic heterocycles. The van der Waals surface area contributed by atoms with Crippen molar-refractivity contribution in [3.05, 3.63) is 35.9 Å². The summed E-state index contributed by atoms with van der Waals surface area (Å²) < 4.78 is 0. The van der Waals surface area contributed by atoms with E-state index in [-0.39, 0.29) is 12.4 Å². The average molecular weight is 229 g/mol. The van der Waals surface area contributed by atoms with Gasteiger partial charge in [0.25, 0.3) is 0 Å². The van der Waals surface area contributed by atoms with Gasteiger partial charge >= 0.3 is 5.97 Å². The quantitative estimate of drug-likeness (QED) is 0.759. The second-order valence-electron chi connectivity index (χ2n) is 3.44. The van der Waals surface area contributed by atoms with Gasteiger partial charge < -0.3 is 5.11 Å². The lowest BCUT2D eigenvalue weighted by Crippen LogP contribution is -1.94. The smallest absolute Gasteiger partial charge is 0.303 e. The maximum atomic E-state index is 10.2. The topological polar surface area (TPSA) is 37.3 Å². The lowest BCUT2D eigenvalue weighted by Gasteiger charge is -1.99. The molecule has 3 heteroatoms. The predicted octanol–water partition coefficient (Wildman–Crippen LogP) is 3.30. The Kier molecular flexibility index (Phi) is 7.74. The van der Waals surface area contributed by atoms with Crippen LogP contribution in [0.4, 0.5) is 0 Å². The number of aryl methyl sites for hydroxylation is 1. The molecule has 0 aliphatic rings. The largest absolute Gasteiger partial charge is 0.481 e. The Morgan fingerprint density at radius 3 is 2.33 bits per heavy atom. The first-order valence-corrected chi connectivity index (χ1v) is 5.05. The number of carboxylic acid groups (broad SMARTS) is 1. The number of unbranched alkanes of at least 4 members (excludes halogenated alkanes) is 2. The normalized spacial score (nSPS) is 9.33. The molecule has 0 spiro atoms. The van der Waals surface area contributed by atoms with Crippen molar-refractivity contribution in [3.8, 4) is 0 Å². The van der Waals surface area contributed by atoms with E-state index in [1.807, 2.05) is 18.2 Å². The minimum Gasteiger partial charge on any atom is -0.481 e. The van der Waals surface area contributed by atoms with E-state index in [1.165, 1.54) is 5.56 Å². The summed E-state index contributed by atoms with van der Waals surface area (Å²) in [5, 5.41) is 8.43. The van der Waals surface area contributed by atoms with Crippen LogP contribution >= 0.6 is 12.4 Å². The first kappa shape index (κ1) is 14.0. The molecule has 0 heterocycles. The van der Waals surface area contributed by atoms with Gasteiger partial charge in [-0.3, -0.25) is 4.79 Å². The van der Waals surface area contributed by atoms with Crippen LogP contribution < -0.4 is 0 Å². The summed E-state index contributed by atoms with van der Waals surface area (Å²) in [4.78, 5) is 10.2. The Bertz CT molecular complexity index is 272. The Morgan fingerprint density at radius 2 is 1.73 bits per heavy atom. The molecule has 1 aromatic carbocycles. The Morgan fingerprint density at radius 1 is 1.07 bits per heavy atom. The highest BCUT2D eigenvalue weighted by Crippen LogP contribution is 2.07. The van der Waals surface area contributed by atoms with Gasteiger partial charge in [-0.2, -0.15) is 0 Å². The number of carbonyl (C=O) groups is 1. The van der Waals surface area contributed by atoms with E-state index in [4.69, 9.17) is 5.11 Å². The van der Waals surface area contributed by atoms with Crippen LogP contribution in [0.15, 0.2) is 30.3 Å². The lowest BCUT2D eigenvalue weighted by atomic mass is 10.1. The van der Waals surface area contributed by atoms with Crippen molar-refractivity contribution >= 4 is 18.4 Å². The Labute approximate surface area is 96.7 Å². The first-order chi connectivity index (χ1) is 6.79. The highest BCUT2D eigenvalue weighted by atomic mass is 35.5. The SMILES string of the molecule is Cl.O=C(O)CCCCCc1ccccc1. The fourth-order valence-electron chi connectivity index (χ4n) is 1.43. The predicted molar refractivity (Wildman–Crippen MR) is 63.5 cm³/mol. The zero-order chi connectivity index (χ0) is 10.2. The second kappa shape index (κ2) is 8.30. The van der Waals surface area contributed by atoms with Gasteiger partial charge in [0, 0.05) is 6.42 Å². The van der Waals surface area contributed by atoms with Crippen LogP contribution in [0.1, 0.15) is 31.2 Å². The molecule has 0 saturated heterocycles. The van der Waals surface area contributed by atoms with Crippen LogP contribution in [-0.2, 0) is 11.2 Å². The molecule has 1 rings (SSSR count). The van der Waals surface area contributed by atoms with Gasteiger partial charge in [0.1, 0.15) is 0 Å². The van der Waals surface area contributed by atoms with Crippen molar-refractivity contribution in [1.82, 2.24) is 0 Å². The molecule has 0 amide bonds. The third-order valence-electron chi connectivity index (χ3n) is 2.20. The molecule has 0 aliphatic carbocycles.